The van der Waals surface area contributed by atoms with E-state index in [2.05, 4.69) is 51.8 Å². The Morgan fingerprint density at radius 3 is 2.29 bits per heavy atom. The summed E-state index contributed by atoms with van der Waals surface area (Å²) in [6.45, 7) is 16.5. The Morgan fingerprint density at radius 1 is 1.18 bits per heavy atom. The molecule has 2 heteroatoms. The summed E-state index contributed by atoms with van der Waals surface area (Å²) in [6, 6.07) is 2.12. The second-order valence-corrected chi connectivity index (χ2v) is 6.14. The topological polar surface area (TPSA) is 15.3 Å². The van der Waals surface area contributed by atoms with Crippen LogP contribution in [0.4, 0.5) is 0 Å². The van der Waals surface area contributed by atoms with Crippen molar-refractivity contribution in [3.63, 3.8) is 0 Å². The van der Waals surface area contributed by atoms with Crippen LogP contribution in [-0.2, 0) is 0 Å². The highest BCUT2D eigenvalue weighted by atomic mass is 15.3. The standard InChI is InChI=1S/C15H32N2/c1-7-12(5)13(6)17-10-15(11(3)4)16-9-14(17)8-2/h11-16H,7-10H2,1-6H3. The molecule has 1 N–H and O–H groups in total. The van der Waals surface area contributed by atoms with Gasteiger partial charge in [0, 0.05) is 31.2 Å². The summed E-state index contributed by atoms with van der Waals surface area (Å²) in [7, 11) is 0. The van der Waals surface area contributed by atoms with E-state index in [0.717, 1.165) is 17.9 Å². The molecule has 102 valence electrons. The van der Waals surface area contributed by atoms with Crippen molar-refractivity contribution in [2.45, 2.75) is 72.5 Å². The summed E-state index contributed by atoms with van der Waals surface area (Å²) in [6.07, 6.45) is 2.55. The van der Waals surface area contributed by atoms with E-state index in [0.29, 0.717) is 12.1 Å². The number of rotatable bonds is 5. The summed E-state index contributed by atoms with van der Waals surface area (Å²) in [5, 5.41) is 3.72. The van der Waals surface area contributed by atoms with E-state index in [9.17, 15) is 0 Å². The maximum absolute atomic E-state index is 3.72. The van der Waals surface area contributed by atoms with Crippen LogP contribution in [0.2, 0.25) is 0 Å². The first kappa shape index (κ1) is 15.0. The Labute approximate surface area is 108 Å². The highest BCUT2D eigenvalue weighted by molar-refractivity contribution is 4.90. The fraction of sp³-hybridized carbons (Fsp3) is 1.00. The second-order valence-electron chi connectivity index (χ2n) is 6.14. The van der Waals surface area contributed by atoms with Crippen molar-refractivity contribution in [3.8, 4) is 0 Å². The summed E-state index contributed by atoms with van der Waals surface area (Å²) >= 11 is 0. The van der Waals surface area contributed by atoms with Gasteiger partial charge in [-0.25, -0.2) is 0 Å². The molecule has 0 aromatic heterocycles. The molecule has 0 bridgehead atoms. The quantitative estimate of drug-likeness (QED) is 0.794. The number of nitrogens with zero attached hydrogens (tertiary/aromatic N) is 1. The minimum atomic E-state index is 0.671. The van der Waals surface area contributed by atoms with Crippen LogP contribution in [0.1, 0.15) is 54.4 Å². The molecule has 0 amide bonds. The first-order valence-electron chi connectivity index (χ1n) is 7.50. The second kappa shape index (κ2) is 6.75. The Hall–Kier alpha value is -0.0800. The monoisotopic (exact) mass is 240 g/mol. The van der Waals surface area contributed by atoms with E-state index in [-0.39, 0.29) is 0 Å². The predicted octanol–water partition coefficient (Wildman–Crippen LogP) is 3.13. The van der Waals surface area contributed by atoms with Crippen LogP contribution >= 0.6 is 0 Å². The minimum absolute atomic E-state index is 0.671. The predicted molar refractivity (Wildman–Crippen MR) is 76.3 cm³/mol. The van der Waals surface area contributed by atoms with Crippen molar-refractivity contribution in [2.24, 2.45) is 11.8 Å². The molecule has 0 aromatic rings. The molecule has 17 heavy (non-hydrogen) atoms. The van der Waals surface area contributed by atoms with Crippen LogP contribution in [0.3, 0.4) is 0 Å². The van der Waals surface area contributed by atoms with Crippen molar-refractivity contribution in [1.82, 2.24) is 10.2 Å². The minimum Gasteiger partial charge on any atom is -0.311 e. The lowest BCUT2D eigenvalue weighted by atomic mass is 9.92. The number of hydrogen-bond donors (Lipinski definition) is 1. The summed E-state index contributed by atoms with van der Waals surface area (Å²) in [4.78, 5) is 2.76. The Bertz CT molecular complexity index is 215. The number of hydrogen-bond acceptors (Lipinski definition) is 2. The zero-order chi connectivity index (χ0) is 13.0. The van der Waals surface area contributed by atoms with E-state index in [1.54, 1.807) is 0 Å². The van der Waals surface area contributed by atoms with Crippen LogP contribution in [0, 0.1) is 11.8 Å². The normalized spacial score (nSPS) is 30.5. The molecule has 4 atom stereocenters. The Balaban J connectivity index is 2.68. The third kappa shape index (κ3) is 3.69. The van der Waals surface area contributed by atoms with Gasteiger partial charge in [-0.1, -0.05) is 41.0 Å². The third-order valence-corrected chi connectivity index (χ3v) is 4.76. The van der Waals surface area contributed by atoms with Gasteiger partial charge in [-0.15, -0.1) is 0 Å². The summed E-state index contributed by atoms with van der Waals surface area (Å²) in [5.74, 6) is 1.54. The average molecular weight is 240 g/mol. The molecule has 4 unspecified atom stereocenters. The van der Waals surface area contributed by atoms with Crippen LogP contribution in [0.5, 0.6) is 0 Å². The van der Waals surface area contributed by atoms with Crippen LogP contribution in [0.15, 0.2) is 0 Å². The summed E-state index contributed by atoms with van der Waals surface area (Å²) < 4.78 is 0. The SMILES string of the molecule is CCC(C)C(C)N1CC(C(C)C)NCC1CC. The maximum atomic E-state index is 3.72. The molecule has 0 radical (unpaired) electrons. The lowest BCUT2D eigenvalue weighted by Crippen LogP contribution is -2.61. The van der Waals surface area contributed by atoms with E-state index in [4.69, 9.17) is 0 Å². The van der Waals surface area contributed by atoms with Gasteiger partial charge >= 0.3 is 0 Å². The summed E-state index contributed by atoms with van der Waals surface area (Å²) in [5.41, 5.74) is 0. The van der Waals surface area contributed by atoms with E-state index in [1.165, 1.54) is 25.9 Å². The first-order chi connectivity index (χ1) is 8.01. The largest absolute Gasteiger partial charge is 0.311 e. The zero-order valence-electron chi connectivity index (χ0n) is 12.7. The number of nitrogens with one attached hydrogen (secondary N) is 1. The Kier molecular flexibility index (Phi) is 5.94. The Morgan fingerprint density at radius 2 is 1.82 bits per heavy atom. The van der Waals surface area contributed by atoms with Gasteiger partial charge < -0.3 is 5.32 Å². The van der Waals surface area contributed by atoms with Crippen molar-refractivity contribution in [2.75, 3.05) is 13.1 Å². The molecule has 0 spiro atoms. The smallest absolute Gasteiger partial charge is 0.0221 e. The lowest BCUT2D eigenvalue weighted by Gasteiger charge is -2.46. The lowest BCUT2D eigenvalue weighted by molar-refractivity contribution is 0.0504. The van der Waals surface area contributed by atoms with Crippen LogP contribution < -0.4 is 5.32 Å². The van der Waals surface area contributed by atoms with Gasteiger partial charge in [0.2, 0.25) is 0 Å². The number of piperazine rings is 1. The van der Waals surface area contributed by atoms with E-state index >= 15 is 0 Å². The van der Waals surface area contributed by atoms with E-state index < -0.39 is 0 Å². The third-order valence-electron chi connectivity index (χ3n) is 4.76. The molecule has 1 aliphatic rings. The van der Waals surface area contributed by atoms with Gasteiger partial charge in [-0.05, 0) is 25.2 Å². The molecule has 0 aromatic carbocycles. The van der Waals surface area contributed by atoms with Gasteiger partial charge in [0.05, 0.1) is 0 Å². The zero-order valence-corrected chi connectivity index (χ0v) is 12.7. The van der Waals surface area contributed by atoms with Gasteiger partial charge in [-0.2, -0.15) is 0 Å². The first-order valence-corrected chi connectivity index (χ1v) is 7.50. The van der Waals surface area contributed by atoms with Crippen molar-refractivity contribution in [3.05, 3.63) is 0 Å². The molecular weight excluding hydrogens is 208 g/mol. The van der Waals surface area contributed by atoms with Gasteiger partial charge in [0.15, 0.2) is 0 Å². The maximum Gasteiger partial charge on any atom is 0.0221 e. The van der Waals surface area contributed by atoms with Crippen molar-refractivity contribution >= 4 is 0 Å². The van der Waals surface area contributed by atoms with Gasteiger partial charge in [-0.3, -0.25) is 4.90 Å². The molecule has 1 fully saturated rings. The van der Waals surface area contributed by atoms with Crippen molar-refractivity contribution in [1.29, 1.82) is 0 Å². The highest BCUT2D eigenvalue weighted by Crippen LogP contribution is 2.22. The molecule has 2 nitrogen and oxygen atoms in total. The van der Waals surface area contributed by atoms with Crippen LogP contribution in [0.25, 0.3) is 0 Å². The van der Waals surface area contributed by atoms with Crippen LogP contribution in [-0.4, -0.2) is 36.1 Å². The fourth-order valence-corrected chi connectivity index (χ4v) is 2.84. The van der Waals surface area contributed by atoms with Gasteiger partial charge in [0.25, 0.3) is 0 Å². The molecule has 1 rings (SSSR count). The fourth-order valence-electron chi connectivity index (χ4n) is 2.84. The van der Waals surface area contributed by atoms with E-state index in [1.807, 2.05) is 0 Å². The van der Waals surface area contributed by atoms with Crippen molar-refractivity contribution < 1.29 is 0 Å². The molecule has 1 saturated heterocycles. The molecule has 1 aliphatic heterocycles. The van der Waals surface area contributed by atoms with Gasteiger partial charge in [0.1, 0.15) is 0 Å². The average Bonchev–Trinajstić information content (AvgIpc) is 2.35. The molecule has 0 aliphatic carbocycles. The molecular formula is C15H32N2. The molecule has 0 saturated carbocycles. The molecule has 1 heterocycles. The highest BCUT2D eigenvalue weighted by Gasteiger charge is 2.32.